The summed E-state index contributed by atoms with van der Waals surface area (Å²) in [5, 5.41) is 14.2. The Balaban J connectivity index is 1.46. The molecule has 0 bridgehead atoms. The number of hydrazone groups is 1. The zero-order valence-electron chi connectivity index (χ0n) is 20.3. The fraction of sp³-hybridized carbons (Fsp3) is 0.370. The first kappa shape index (κ1) is 25.2. The minimum Gasteiger partial charge on any atom is -0.507 e. The molecule has 2 N–H and O–H groups in total. The molecule has 0 aromatic heterocycles. The van der Waals surface area contributed by atoms with Crippen LogP contribution >= 0.6 is 0 Å². The average Bonchev–Trinajstić information content (AvgIpc) is 2.81. The summed E-state index contributed by atoms with van der Waals surface area (Å²) in [5.41, 5.74) is 5.73. The first-order valence-corrected chi connectivity index (χ1v) is 11.5. The number of carbonyl (C=O) groups excluding carboxylic acids is 2. The van der Waals surface area contributed by atoms with Gasteiger partial charge in [-0.3, -0.25) is 14.5 Å². The second-order valence-electron chi connectivity index (χ2n) is 9.54. The molecular formula is C27H34N4O3. The summed E-state index contributed by atoms with van der Waals surface area (Å²) in [6.45, 7) is 12.7. The van der Waals surface area contributed by atoms with Crippen LogP contribution < -0.4 is 5.43 Å². The van der Waals surface area contributed by atoms with Crippen LogP contribution in [0.5, 0.6) is 5.75 Å². The fourth-order valence-electron chi connectivity index (χ4n) is 3.85. The number of benzene rings is 2. The van der Waals surface area contributed by atoms with E-state index in [0.717, 1.165) is 5.56 Å². The summed E-state index contributed by atoms with van der Waals surface area (Å²) in [7, 11) is 0. The second-order valence-corrected chi connectivity index (χ2v) is 9.54. The van der Waals surface area contributed by atoms with E-state index in [1.807, 2.05) is 46.2 Å². The maximum absolute atomic E-state index is 12.8. The van der Waals surface area contributed by atoms with Gasteiger partial charge in [-0.1, -0.05) is 51.1 Å². The Hall–Kier alpha value is -3.45. The van der Waals surface area contributed by atoms with Gasteiger partial charge in [0.05, 0.1) is 12.8 Å². The topological polar surface area (TPSA) is 85.2 Å². The molecule has 0 unspecified atom stereocenters. The number of piperazine rings is 1. The molecule has 34 heavy (non-hydrogen) atoms. The molecule has 0 atom stereocenters. The quantitative estimate of drug-likeness (QED) is 0.376. The monoisotopic (exact) mass is 462 g/mol. The third-order valence-electron chi connectivity index (χ3n) is 5.93. The molecule has 3 rings (SSSR count). The van der Waals surface area contributed by atoms with Crippen LogP contribution in [0.1, 0.15) is 47.8 Å². The Morgan fingerprint density at radius 2 is 1.76 bits per heavy atom. The number of allylic oxidation sites excluding steroid dienone is 1. The molecule has 2 amide bonds. The van der Waals surface area contributed by atoms with E-state index in [4.69, 9.17) is 0 Å². The third-order valence-corrected chi connectivity index (χ3v) is 5.93. The number of nitrogens with one attached hydrogen (secondary N) is 1. The van der Waals surface area contributed by atoms with Gasteiger partial charge >= 0.3 is 0 Å². The summed E-state index contributed by atoms with van der Waals surface area (Å²) >= 11 is 0. The number of aromatic hydroxyl groups is 1. The smallest absolute Gasteiger partial charge is 0.254 e. The van der Waals surface area contributed by atoms with Crippen molar-refractivity contribution in [1.29, 1.82) is 0 Å². The van der Waals surface area contributed by atoms with Gasteiger partial charge in [0, 0.05) is 37.3 Å². The van der Waals surface area contributed by atoms with Crippen LogP contribution in [0.3, 0.4) is 0 Å². The van der Waals surface area contributed by atoms with E-state index in [0.29, 0.717) is 43.7 Å². The number of phenols is 1. The lowest BCUT2D eigenvalue weighted by Crippen LogP contribution is -2.50. The highest BCUT2D eigenvalue weighted by molar-refractivity contribution is 5.94. The van der Waals surface area contributed by atoms with Crippen molar-refractivity contribution >= 4 is 18.0 Å². The minimum atomic E-state index is -0.240. The van der Waals surface area contributed by atoms with Gasteiger partial charge in [-0.25, -0.2) is 5.43 Å². The molecule has 0 aliphatic carbocycles. The van der Waals surface area contributed by atoms with Gasteiger partial charge in [0.25, 0.3) is 11.8 Å². The van der Waals surface area contributed by atoms with Crippen molar-refractivity contribution in [2.75, 3.05) is 32.7 Å². The summed E-state index contributed by atoms with van der Waals surface area (Å²) < 4.78 is 0. The van der Waals surface area contributed by atoms with Crippen LogP contribution in [0.15, 0.2) is 60.2 Å². The molecule has 1 aliphatic rings. The van der Waals surface area contributed by atoms with Crippen LogP contribution in [0.4, 0.5) is 0 Å². The van der Waals surface area contributed by atoms with E-state index in [1.165, 1.54) is 11.8 Å². The maximum Gasteiger partial charge on any atom is 0.254 e. The van der Waals surface area contributed by atoms with E-state index in [1.54, 1.807) is 12.1 Å². The molecule has 0 spiro atoms. The molecule has 7 heteroatoms. The fourth-order valence-corrected chi connectivity index (χ4v) is 3.85. The number of nitrogens with zero attached hydrogens (tertiary/aromatic N) is 3. The normalized spacial score (nSPS) is 14.9. The van der Waals surface area contributed by atoms with Crippen molar-refractivity contribution in [2.45, 2.75) is 32.6 Å². The molecular weight excluding hydrogens is 428 g/mol. The van der Waals surface area contributed by atoms with Crippen molar-refractivity contribution in [3.63, 3.8) is 0 Å². The summed E-state index contributed by atoms with van der Waals surface area (Å²) in [6.07, 6.45) is 3.70. The lowest BCUT2D eigenvalue weighted by molar-refractivity contribution is -0.122. The van der Waals surface area contributed by atoms with Gasteiger partial charge in [0.15, 0.2) is 0 Å². The predicted molar refractivity (Wildman–Crippen MR) is 135 cm³/mol. The Labute approximate surface area is 201 Å². The number of amides is 2. The van der Waals surface area contributed by atoms with Gasteiger partial charge in [-0.05, 0) is 41.2 Å². The maximum atomic E-state index is 12.8. The molecule has 0 radical (unpaired) electrons. The second kappa shape index (κ2) is 11.1. The number of hydrogen-bond donors (Lipinski definition) is 2. The highest BCUT2D eigenvalue weighted by Crippen LogP contribution is 2.23. The standard InChI is InChI=1S/C27H34N4O3/c1-5-7-20-8-6-9-22(25(20)33)18-28-29-24(32)19-30-14-16-31(17-15-30)26(34)21-10-12-23(13-11-21)27(2,3)4/h5-6,8-13,18,33H,1,7,14-17,19H2,2-4H3,(H,29,32). The highest BCUT2D eigenvalue weighted by atomic mass is 16.3. The lowest BCUT2D eigenvalue weighted by atomic mass is 9.86. The minimum absolute atomic E-state index is 0.0210. The SMILES string of the molecule is C=CCc1cccc(C=NNC(=O)CN2CCN(C(=O)c3ccc(C(C)(C)C)cc3)CC2)c1O. The molecule has 1 fully saturated rings. The number of carbonyl (C=O) groups is 2. The van der Waals surface area contributed by atoms with Crippen molar-refractivity contribution in [3.8, 4) is 5.75 Å². The van der Waals surface area contributed by atoms with Crippen LogP contribution in [0, 0.1) is 0 Å². The zero-order chi connectivity index (χ0) is 24.7. The number of phenolic OH excluding ortho intramolecular Hbond substituents is 1. The molecule has 2 aromatic rings. The number of rotatable bonds is 7. The largest absolute Gasteiger partial charge is 0.507 e. The molecule has 1 heterocycles. The van der Waals surface area contributed by atoms with Gasteiger partial charge < -0.3 is 10.0 Å². The predicted octanol–water partition coefficient (Wildman–Crippen LogP) is 3.33. The molecule has 2 aromatic carbocycles. The summed E-state index contributed by atoms with van der Waals surface area (Å²) in [5.74, 6) is -0.0857. The summed E-state index contributed by atoms with van der Waals surface area (Å²) in [4.78, 5) is 29.0. The lowest BCUT2D eigenvalue weighted by Gasteiger charge is -2.34. The molecule has 1 saturated heterocycles. The van der Waals surface area contributed by atoms with E-state index in [9.17, 15) is 14.7 Å². The van der Waals surface area contributed by atoms with E-state index >= 15 is 0 Å². The van der Waals surface area contributed by atoms with Crippen LogP contribution in [0.2, 0.25) is 0 Å². The van der Waals surface area contributed by atoms with Crippen LogP contribution in [-0.4, -0.2) is 65.7 Å². The molecule has 7 nitrogen and oxygen atoms in total. The Morgan fingerprint density at radius 3 is 2.38 bits per heavy atom. The van der Waals surface area contributed by atoms with Crippen molar-refractivity contribution in [1.82, 2.24) is 15.2 Å². The zero-order valence-corrected chi connectivity index (χ0v) is 20.3. The summed E-state index contributed by atoms with van der Waals surface area (Å²) in [6, 6.07) is 13.2. The Bertz CT molecular complexity index is 1050. The third kappa shape index (κ3) is 6.54. The first-order chi connectivity index (χ1) is 16.2. The van der Waals surface area contributed by atoms with Gasteiger partial charge in [0.2, 0.25) is 0 Å². The number of hydrogen-bond acceptors (Lipinski definition) is 5. The van der Waals surface area contributed by atoms with Gasteiger partial charge in [-0.15, -0.1) is 6.58 Å². The molecule has 1 aliphatic heterocycles. The van der Waals surface area contributed by atoms with Gasteiger partial charge in [-0.2, -0.15) is 5.10 Å². The highest BCUT2D eigenvalue weighted by Gasteiger charge is 2.23. The van der Waals surface area contributed by atoms with Gasteiger partial charge in [0.1, 0.15) is 5.75 Å². The van der Waals surface area contributed by atoms with Crippen LogP contribution in [-0.2, 0) is 16.6 Å². The first-order valence-electron chi connectivity index (χ1n) is 11.5. The Morgan fingerprint density at radius 1 is 1.09 bits per heavy atom. The average molecular weight is 463 g/mol. The van der Waals surface area contributed by atoms with E-state index in [-0.39, 0.29) is 29.5 Å². The van der Waals surface area contributed by atoms with Crippen molar-refractivity contribution in [3.05, 3.63) is 77.4 Å². The number of para-hydroxylation sites is 1. The van der Waals surface area contributed by atoms with Crippen molar-refractivity contribution < 1.29 is 14.7 Å². The van der Waals surface area contributed by atoms with Crippen LogP contribution in [0.25, 0.3) is 0 Å². The van der Waals surface area contributed by atoms with E-state index < -0.39 is 0 Å². The van der Waals surface area contributed by atoms with Crippen molar-refractivity contribution in [2.24, 2.45) is 5.10 Å². The molecule has 180 valence electrons. The van der Waals surface area contributed by atoms with E-state index in [2.05, 4.69) is 37.9 Å². The Kier molecular flexibility index (Phi) is 8.23. The molecule has 0 saturated carbocycles.